The maximum Gasteiger partial charge on any atom is 0.318 e. The zero-order valence-electron chi connectivity index (χ0n) is 12.9. The van der Waals surface area contributed by atoms with Gasteiger partial charge in [0, 0.05) is 19.1 Å². The Morgan fingerprint density at radius 2 is 2.29 bits per heavy atom. The molecule has 2 amide bonds. The third-order valence-electron chi connectivity index (χ3n) is 4.84. The normalized spacial score (nSPS) is 28.0. The molecule has 0 bridgehead atoms. The summed E-state index contributed by atoms with van der Waals surface area (Å²) in [5.41, 5.74) is 0. The first kappa shape index (κ1) is 14.4. The van der Waals surface area contributed by atoms with Crippen molar-refractivity contribution in [3.05, 3.63) is 24.2 Å². The van der Waals surface area contributed by atoms with Crippen LogP contribution in [-0.4, -0.2) is 48.6 Å². The second kappa shape index (κ2) is 6.10. The highest BCUT2D eigenvalue weighted by molar-refractivity contribution is 5.75. The zero-order valence-corrected chi connectivity index (χ0v) is 12.9. The van der Waals surface area contributed by atoms with Crippen LogP contribution in [0.15, 0.2) is 22.8 Å². The van der Waals surface area contributed by atoms with Crippen LogP contribution in [0.2, 0.25) is 0 Å². The molecule has 5 nitrogen and oxygen atoms in total. The highest BCUT2D eigenvalue weighted by Gasteiger charge is 2.37. The van der Waals surface area contributed by atoms with Crippen LogP contribution in [-0.2, 0) is 0 Å². The number of carbonyl (C=O) groups excluding carboxylic acids is 1. The smallest absolute Gasteiger partial charge is 0.318 e. The van der Waals surface area contributed by atoms with Crippen molar-refractivity contribution in [2.75, 3.05) is 26.7 Å². The minimum absolute atomic E-state index is 0.0538. The fraction of sp³-hybridized carbons (Fsp3) is 0.688. The number of nitrogens with zero attached hydrogens (tertiary/aromatic N) is 2. The van der Waals surface area contributed by atoms with E-state index in [1.165, 1.54) is 6.42 Å². The topological polar surface area (TPSA) is 48.7 Å². The first-order chi connectivity index (χ1) is 10.1. The van der Waals surface area contributed by atoms with Gasteiger partial charge >= 0.3 is 6.03 Å². The van der Waals surface area contributed by atoms with E-state index in [1.807, 2.05) is 19.1 Å². The molecule has 0 unspecified atom stereocenters. The van der Waals surface area contributed by atoms with E-state index in [0.29, 0.717) is 12.0 Å². The van der Waals surface area contributed by atoms with Gasteiger partial charge in [-0.25, -0.2) is 4.79 Å². The van der Waals surface area contributed by atoms with Gasteiger partial charge in [-0.3, -0.25) is 0 Å². The van der Waals surface area contributed by atoms with Crippen molar-refractivity contribution in [1.82, 2.24) is 15.1 Å². The number of urea groups is 1. The number of hydrogen-bond acceptors (Lipinski definition) is 3. The van der Waals surface area contributed by atoms with E-state index in [2.05, 4.69) is 22.2 Å². The second-order valence-corrected chi connectivity index (χ2v) is 6.40. The van der Waals surface area contributed by atoms with Crippen LogP contribution in [0.3, 0.4) is 0 Å². The minimum Gasteiger partial charge on any atom is -0.467 e. The summed E-state index contributed by atoms with van der Waals surface area (Å²) >= 11 is 0. The van der Waals surface area contributed by atoms with Gasteiger partial charge in [0.25, 0.3) is 0 Å². The largest absolute Gasteiger partial charge is 0.467 e. The summed E-state index contributed by atoms with van der Waals surface area (Å²) < 4.78 is 5.36. The van der Waals surface area contributed by atoms with Crippen LogP contribution in [0, 0.1) is 5.92 Å². The van der Waals surface area contributed by atoms with E-state index in [4.69, 9.17) is 4.42 Å². The van der Waals surface area contributed by atoms with Crippen LogP contribution in [0.5, 0.6) is 0 Å². The zero-order chi connectivity index (χ0) is 14.8. The van der Waals surface area contributed by atoms with E-state index in [9.17, 15) is 4.79 Å². The summed E-state index contributed by atoms with van der Waals surface area (Å²) in [6.07, 6.45) is 5.08. The molecule has 0 radical (unpaired) electrons. The molecular weight excluding hydrogens is 266 g/mol. The fourth-order valence-corrected chi connectivity index (χ4v) is 3.71. The van der Waals surface area contributed by atoms with Gasteiger partial charge in [-0.1, -0.05) is 0 Å². The molecule has 116 valence electrons. The molecule has 0 saturated carbocycles. The molecule has 0 aliphatic carbocycles. The number of piperidine rings is 2. The monoisotopic (exact) mass is 291 g/mol. The minimum atomic E-state index is -0.0841. The Labute approximate surface area is 126 Å². The highest BCUT2D eigenvalue weighted by atomic mass is 16.3. The third-order valence-corrected chi connectivity index (χ3v) is 4.84. The van der Waals surface area contributed by atoms with Gasteiger partial charge in [0.05, 0.1) is 12.3 Å². The van der Waals surface area contributed by atoms with Crippen molar-refractivity contribution in [3.8, 4) is 0 Å². The summed E-state index contributed by atoms with van der Waals surface area (Å²) in [4.78, 5) is 17.0. The predicted octanol–water partition coefficient (Wildman–Crippen LogP) is 2.47. The van der Waals surface area contributed by atoms with Gasteiger partial charge < -0.3 is 19.5 Å². The van der Waals surface area contributed by atoms with E-state index < -0.39 is 0 Å². The van der Waals surface area contributed by atoms with E-state index >= 15 is 0 Å². The second-order valence-electron chi connectivity index (χ2n) is 6.40. The number of carbonyl (C=O) groups is 1. The molecule has 2 fully saturated rings. The first-order valence-corrected chi connectivity index (χ1v) is 7.94. The van der Waals surface area contributed by atoms with Crippen molar-refractivity contribution in [2.24, 2.45) is 5.92 Å². The summed E-state index contributed by atoms with van der Waals surface area (Å²) in [5, 5.41) is 3.08. The molecule has 3 atom stereocenters. The maximum absolute atomic E-state index is 12.6. The molecule has 0 aromatic carbocycles. The first-order valence-electron chi connectivity index (χ1n) is 7.94. The molecule has 3 rings (SSSR count). The van der Waals surface area contributed by atoms with Crippen molar-refractivity contribution in [3.63, 3.8) is 0 Å². The quantitative estimate of drug-likeness (QED) is 0.910. The van der Waals surface area contributed by atoms with E-state index in [0.717, 1.165) is 38.2 Å². The standard InChI is InChI=1S/C16H25N3O2/c1-12(15-6-4-10-21-15)17-16(20)19-8-3-5-13-11-18(2)9-7-14(13)19/h4,6,10,12-14H,3,5,7-9,11H2,1-2H3,(H,17,20)/t12-,13-,14-/m0/s1. The lowest BCUT2D eigenvalue weighted by Gasteiger charge is -2.46. The van der Waals surface area contributed by atoms with Crippen molar-refractivity contribution >= 4 is 6.03 Å². The number of rotatable bonds is 2. The number of hydrogen-bond donors (Lipinski definition) is 1. The van der Waals surface area contributed by atoms with Crippen LogP contribution >= 0.6 is 0 Å². The SMILES string of the molecule is C[C@H](NC(=O)N1CCC[C@H]2CN(C)CC[C@@H]21)c1ccco1. The third kappa shape index (κ3) is 3.07. The highest BCUT2D eigenvalue weighted by Crippen LogP contribution is 2.30. The Hall–Kier alpha value is -1.49. The molecule has 0 spiro atoms. The average molecular weight is 291 g/mol. The van der Waals surface area contributed by atoms with E-state index in [1.54, 1.807) is 6.26 Å². The number of likely N-dealkylation sites (tertiary alicyclic amines) is 2. The average Bonchev–Trinajstić information content (AvgIpc) is 3.00. The Bertz CT molecular complexity index is 474. The van der Waals surface area contributed by atoms with Crippen LogP contribution in [0.25, 0.3) is 0 Å². The summed E-state index contributed by atoms with van der Waals surface area (Å²) in [5.74, 6) is 1.43. The molecule has 21 heavy (non-hydrogen) atoms. The van der Waals surface area contributed by atoms with Gasteiger partial charge in [0.15, 0.2) is 0 Å². The van der Waals surface area contributed by atoms with Crippen LogP contribution < -0.4 is 5.32 Å². The molecule has 1 N–H and O–H groups in total. The summed E-state index contributed by atoms with van der Waals surface area (Å²) in [6, 6.07) is 4.13. The number of nitrogens with one attached hydrogen (secondary N) is 1. The van der Waals surface area contributed by atoms with Crippen LogP contribution in [0.1, 0.15) is 38.0 Å². The Kier molecular flexibility index (Phi) is 4.19. The van der Waals surface area contributed by atoms with Gasteiger partial charge in [-0.15, -0.1) is 0 Å². The molecule has 2 aliphatic rings. The number of fused-ring (bicyclic) bond motifs is 1. The van der Waals surface area contributed by atoms with Crippen molar-refractivity contribution in [1.29, 1.82) is 0 Å². The number of amides is 2. The lowest BCUT2D eigenvalue weighted by atomic mass is 9.84. The Morgan fingerprint density at radius 3 is 3.05 bits per heavy atom. The molecule has 2 aliphatic heterocycles. The van der Waals surface area contributed by atoms with Crippen LogP contribution in [0.4, 0.5) is 4.79 Å². The predicted molar refractivity (Wildman–Crippen MR) is 81.0 cm³/mol. The molecule has 3 heterocycles. The van der Waals surface area contributed by atoms with Crippen molar-refractivity contribution in [2.45, 2.75) is 38.3 Å². The summed E-state index contributed by atoms with van der Waals surface area (Å²) in [6.45, 7) is 5.04. The number of furan rings is 1. The molecule has 1 aromatic heterocycles. The maximum atomic E-state index is 12.6. The molecule has 1 aromatic rings. The van der Waals surface area contributed by atoms with Crippen molar-refractivity contribution < 1.29 is 9.21 Å². The summed E-state index contributed by atoms with van der Waals surface area (Å²) in [7, 11) is 2.17. The molecular formula is C16H25N3O2. The molecule has 2 saturated heterocycles. The van der Waals surface area contributed by atoms with Gasteiger partial charge in [0.2, 0.25) is 0 Å². The lowest BCUT2D eigenvalue weighted by Crippen LogP contribution is -2.57. The fourth-order valence-electron chi connectivity index (χ4n) is 3.71. The Balaban J connectivity index is 1.63. The van der Waals surface area contributed by atoms with Gasteiger partial charge in [-0.2, -0.15) is 0 Å². The Morgan fingerprint density at radius 1 is 1.43 bits per heavy atom. The lowest BCUT2D eigenvalue weighted by molar-refractivity contribution is 0.0523. The molecule has 5 heteroatoms. The van der Waals surface area contributed by atoms with Gasteiger partial charge in [0.1, 0.15) is 5.76 Å². The van der Waals surface area contributed by atoms with Gasteiger partial charge in [-0.05, 0) is 57.8 Å². The van der Waals surface area contributed by atoms with E-state index in [-0.39, 0.29) is 12.1 Å².